The lowest BCUT2D eigenvalue weighted by Crippen LogP contribution is -2.47. The number of anilines is 1. The molecule has 0 spiro atoms. The van der Waals surface area contributed by atoms with Crippen molar-refractivity contribution in [1.29, 1.82) is 0 Å². The van der Waals surface area contributed by atoms with Gasteiger partial charge >= 0.3 is 12.3 Å². The van der Waals surface area contributed by atoms with E-state index < -0.39 is 54.5 Å². The topological polar surface area (TPSA) is 111 Å². The van der Waals surface area contributed by atoms with Crippen molar-refractivity contribution in [2.24, 2.45) is 17.8 Å². The number of imide groups is 1. The van der Waals surface area contributed by atoms with Gasteiger partial charge in [0.15, 0.2) is 18.1 Å². The number of alkyl halides is 2. The lowest BCUT2D eigenvalue weighted by molar-refractivity contribution is -0.286. The zero-order valence-electron chi connectivity index (χ0n) is 18.6. The molecule has 1 N–H and O–H groups in total. The number of esters is 1. The first-order valence-corrected chi connectivity index (χ1v) is 10.9. The summed E-state index contributed by atoms with van der Waals surface area (Å²) in [6.45, 7) is 2.99. The van der Waals surface area contributed by atoms with Crippen molar-refractivity contribution in [2.75, 3.05) is 11.9 Å². The number of hydrogen-bond acceptors (Lipinski definition) is 7. The summed E-state index contributed by atoms with van der Waals surface area (Å²) >= 11 is 0. The molecule has 0 aromatic heterocycles. The first-order valence-electron chi connectivity index (χ1n) is 10.9. The van der Waals surface area contributed by atoms with E-state index in [0.717, 1.165) is 11.0 Å². The SMILES string of the molecule is CC(C)CC(C(=O)OCC(=O)Nc1ccc2c(c1)OC(F)(F)O2)N1C(=O)C2CC=CCC2C1=O. The Bertz CT molecular complexity index is 1030. The number of benzene rings is 1. The fourth-order valence-electron chi connectivity index (χ4n) is 4.34. The third-order valence-corrected chi connectivity index (χ3v) is 5.85. The largest absolute Gasteiger partial charge is 0.586 e. The minimum Gasteiger partial charge on any atom is -0.454 e. The van der Waals surface area contributed by atoms with Crippen LogP contribution in [0.1, 0.15) is 33.1 Å². The maximum atomic E-state index is 13.1. The number of fused-ring (bicyclic) bond motifs is 2. The Labute approximate surface area is 194 Å². The average Bonchev–Trinajstić information content (AvgIpc) is 3.22. The van der Waals surface area contributed by atoms with Gasteiger partial charge in [-0.15, -0.1) is 8.78 Å². The lowest BCUT2D eigenvalue weighted by atomic mass is 9.85. The quantitative estimate of drug-likeness (QED) is 0.364. The maximum absolute atomic E-state index is 13.1. The van der Waals surface area contributed by atoms with Gasteiger partial charge < -0.3 is 19.5 Å². The van der Waals surface area contributed by atoms with Gasteiger partial charge in [-0.05, 0) is 37.3 Å². The zero-order chi connectivity index (χ0) is 24.6. The molecule has 0 saturated carbocycles. The van der Waals surface area contributed by atoms with Crippen molar-refractivity contribution in [2.45, 2.75) is 45.4 Å². The molecule has 3 atom stereocenters. The van der Waals surface area contributed by atoms with Crippen molar-refractivity contribution < 1.29 is 42.2 Å². The van der Waals surface area contributed by atoms with Gasteiger partial charge in [-0.2, -0.15) is 0 Å². The Morgan fingerprint density at radius 1 is 1.12 bits per heavy atom. The highest BCUT2D eigenvalue weighted by Crippen LogP contribution is 2.42. The highest BCUT2D eigenvalue weighted by atomic mass is 19.3. The number of ether oxygens (including phenoxy) is 3. The molecular formula is C23H24F2N2O7. The first-order chi connectivity index (χ1) is 16.1. The molecule has 9 nitrogen and oxygen atoms in total. The number of carbonyl (C=O) groups excluding carboxylic acids is 4. The second-order valence-electron chi connectivity index (χ2n) is 8.83. The number of hydrogen-bond donors (Lipinski definition) is 1. The second kappa shape index (κ2) is 9.03. The van der Waals surface area contributed by atoms with E-state index in [1.165, 1.54) is 12.1 Å². The predicted octanol–water partition coefficient (Wildman–Crippen LogP) is 2.86. The molecule has 34 heavy (non-hydrogen) atoms. The number of carbonyl (C=O) groups is 4. The summed E-state index contributed by atoms with van der Waals surface area (Å²) in [5.41, 5.74) is 0.126. The number of likely N-dealkylation sites (tertiary alicyclic amines) is 1. The van der Waals surface area contributed by atoms with Gasteiger partial charge in [-0.3, -0.25) is 19.3 Å². The summed E-state index contributed by atoms with van der Waals surface area (Å²) in [4.78, 5) is 51.9. The van der Waals surface area contributed by atoms with Crippen molar-refractivity contribution in [3.05, 3.63) is 30.4 Å². The van der Waals surface area contributed by atoms with Gasteiger partial charge in [0.05, 0.1) is 11.8 Å². The van der Waals surface area contributed by atoms with Crippen LogP contribution >= 0.6 is 0 Å². The molecule has 3 amide bonds. The second-order valence-corrected chi connectivity index (χ2v) is 8.83. The van der Waals surface area contributed by atoms with E-state index in [9.17, 15) is 28.0 Å². The van der Waals surface area contributed by atoms with Crippen LogP contribution in [0.5, 0.6) is 11.5 Å². The van der Waals surface area contributed by atoms with Gasteiger partial charge in [0.1, 0.15) is 6.04 Å². The Hall–Kier alpha value is -3.50. The molecule has 0 bridgehead atoms. The maximum Gasteiger partial charge on any atom is 0.586 e. The normalized spacial score (nSPS) is 23.1. The fraction of sp³-hybridized carbons (Fsp3) is 0.478. The molecular weight excluding hydrogens is 454 g/mol. The molecule has 3 aliphatic rings. The third-order valence-electron chi connectivity index (χ3n) is 5.85. The van der Waals surface area contributed by atoms with Gasteiger partial charge in [0.25, 0.3) is 5.91 Å². The van der Waals surface area contributed by atoms with E-state index >= 15 is 0 Å². The molecule has 4 rings (SSSR count). The summed E-state index contributed by atoms with van der Waals surface area (Å²) in [7, 11) is 0. The molecule has 11 heteroatoms. The summed E-state index contributed by atoms with van der Waals surface area (Å²) in [5.74, 6) is -3.82. The lowest BCUT2D eigenvalue weighted by Gasteiger charge is -2.26. The molecule has 1 aromatic rings. The van der Waals surface area contributed by atoms with Gasteiger partial charge in [-0.1, -0.05) is 26.0 Å². The molecule has 0 radical (unpaired) electrons. The predicted molar refractivity (Wildman–Crippen MR) is 113 cm³/mol. The fourth-order valence-corrected chi connectivity index (χ4v) is 4.34. The van der Waals surface area contributed by atoms with Crippen LogP contribution < -0.4 is 14.8 Å². The van der Waals surface area contributed by atoms with E-state index in [-0.39, 0.29) is 29.5 Å². The van der Waals surface area contributed by atoms with Crippen LogP contribution in [0.25, 0.3) is 0 Å². The zero-order valence-corrected chi connectivity index (χ0v) is 18.6. The molecule has 2 aliphatic heterocycles. The summed E-state index contributed by atoms with van der Waals surface area (Å²) in [6.07, 6.45) is 1.00. The van der Waals surface area contributed by atoms with Crippen molar-refractivity contribution in [1.82, 2.24) is 4.90 Å². The molecule has 1 saturated heterocycles. The van der Waals surface area contributed by atoms with Crippen LogP contribution in [0.15, 0.2) is 30.4 Å². The molecule has 1 fully saturated rings. The highest BCUT2D eigenvalue weighted by molar-refractivity contribution is 6.08. The van der Waals surface area contributed by atoms with Crippen molar-refractivity contribution in [3.63, 3.8) is 0 Å². The van der Waals surface area contributed by atoms with E-state index in [1.54, 1.807) is 0 Å². The van der Waals surface area contributed by atoms with Gasteiger partial charge in [0.2, 0.25) is 11.8 Å². The molecule has 3 unspecified atom stereocenters. The van der Waals surface area contributed by atoms with E-state index in [1.807, 2.05) is 26.0 Å². The number of nitrogens with one attached hydrogen (secondary N) is 1. The number of halogens is 2. The highest BCUT2D eigenvalue weighted by Gasteiger charge is 2.51. The van der Waals surface area contributed by atoms with E-state index in [2.05, 4.69) is 14.8 Å². The van der Waals surface area contributed by atoms with Crippen LogP contribution in [-0.4, -0.2) is 47.5 Å². The summed E-state index contributed by atoms with van der Waals surface area (Å²) in [6, 6.07) is 2.54. The number of rotatable bonds is 7. The molecule has 182 valence electrons. The average molecular weight is 478 g/mol. The van der Waals surface area contributed by atoms with Gasteiger partial charge in [0, 0.05) is 11.8 Å². The minimum atomic E-state index is -3.79. The number of allylic oxidation sites excluding steroid dienone is 2. The minimum absolute atomic E-state index is 0.0282. The number of nitrogens with zero attached hydrogens (tertiary/aromatic N) is 1. The Morgan fingerprint density at radius 2 is 1.74 bits per heavy atom. The Kier molecular flexibility index (Phi) is 6.28. The van der Waals surface area contributed by atoms with Crippen LogP contribution in [0.2, 0.25) is 0 Å². The first kappa shape index (κ1) is 23.7. The molecule has 1 aromatic carbocycles. The van der Waals surface area contributed by atoms with Crippen molar-refractivity contribution in [3.8, 4) is 11.5 Å². The Morgan fingerprint density at radius 3 is 2.35 bits per heavy atom. The molecule has 1 aliphatic carbocycles. The summed E-state index contributed by atoms with van der Waals surface area (Å²) < 4.78 is 40.0. The van der Waals surface area contributed by atoms with Gasteiger partial charge in [-0.25, -0.2) is 4.79 Å². The number of amides is 3. The van der Waals surface area contributed by atoms with Crippen molar-refractivity contribution >= 4 is 29.4 Å². The molecule has 2 heterocycles. The Balaban J connectivity index is 1.39. The van der Waals surface area contributed by atoms with Crippen LogP contribution in [0.3, 0.4) is 0 Å². The van der Waals surface area contributed by atoms with Crippen LogP contribution in [0.4, 0.5) is 14.5 Å². The third kappa shape index (κ3) is 4.73. The smallest absolute Gasteiger partial charge is 0.454 e. The van der Waals surface area contributed by atoms with E-state index in [4.69, 9.17) is 4.74 Å². The standard InChI is InChI=1S/C23H24F2N2O7/c1-12(2)9-16(27-20(29)14-5-3-4-6-15(14)21(27)30)22(31)32-11-19(28)26-13-7-8-17-18(10-13)34-23(24,25)33-17/h3-4,7-8,10,12,14-16H,5-6,9,11H2,1-2H3,(H,26,28). The van der Waals surface area contributed by atoms with Crippen LogP contribution in [-0.2, 0) is 23.9 Å². The monoisotopic (exact) mass is 478 g/mol. The van der Waals surface area contributed by atoms with E-state index in [0.29, 0.717) is 12.8 Å². The van der Waals surface area contributed by atoms with Crippen LogP contribution in [0, 0.1) is 17.8 Å². The summed E-state index contributed by atoms with van der Waals surface area (Å²) in [5, 5.41) is 2.41.